The Morgan fingerprint density at radius 2 is 1.94 bits per heavy atom. The van der Waals surface area contributed by atoms with Crippen molar-refractivity contribution >= 4 is 50.1 Å². The van der Waals surface area contributed by atoms with Gasteiger partial charge in [-0.25, -0.2) is 4.98 Å². The Labute approximate surface area is 202 Å². The predicted molar refractivity (Wildman–Crippen MR) is 131 cm³/mol. The molecule has 2 atom stereocenters. The quantitative estimate of drug-likeness (QED) is 0.511. The molecule has 3 aromatic rings. The van der Waals surface area contributed by atoms with E-state index in [0.29, 0.717) is 35.4 Å². The van der Waals surface area contributed by atoms with Gasteiger partial charge in [0.2, 0.25) is 5.91 Å². The van der Waals surface area contributed by atoms with E-state index in [2.05, 4.69) is 0 Å². The highest BCUT2D eigenvalue weighted by molar-refractivity contribution is 7.22. The van der Waals surface area contributed by atoms with Crippen LogP contribution < -0.4 is 4.90 Å². The molecule has 0 spiro atoms. The minimum absolute atomic E-state index is 0.0244. The van der Waals surface area contributed by atoms with Crippen molar-refractivity contribution in [3.63, 3.8) is 0 Å². The molecule has 3 heterocycles. The van der Waals surface area contributed by atoms with Crippen LogP contribution in [-0.2, 0) is 9.53 Å². The van der Waals surface area contributed by atoms with E-state index < -0.39 is 0 Å². The molecule has 0 N–H and O–H groups in total. The standard InChI is InChI=1S/C25H26ClN3O3S/c26-19-11-9-17(10-12-19)23(30)28-13-3-5-18(15-28)24(31)29(16-20-6-4-14-32-20)25-27-21-7-1-2-8-22(21)33-25/h1-2,7-12,18,20H,3-6,13-16H2. The fourth-order valence-corrected chi connectivity index (χ4v) is 5.69. The van der Waals surface area contributed by atoms with Crippen molar-refractivity contribution in [2.75, 3.05) is 31.1 Å². The summed E-state index contributed by atoms with van der Waals surface area (Å²) in [5, 5.41) is 1.30. The summed E-state index contributed by atoms with van der Waals surface area (Å²) in [5.41, 5.74) is 1.49. The van der Waals surface area contributed by atoms with Crippen molar-refractivity contribution in [2.24, 2.45) is 5.92 Å². The van der Waals surface area contributed by atoms with Crippen LogP contribution in [0.4, 0.5) is 5.13 Å². The van der Waals surface area contributed by atoms with Gasteiger partial charge in [0.25, 0.3) is 5.91 Å². The lowest BCUT2D eigenvalue weighted by Crippen LogP contribution is -2.48. The molecule has 33 heavy (non-hydrogen) atoms. The molecule has 0 radical (unpaired) electrons. The lowest BCUT2D eigenvalue weighted by Gasteiger charge is -2.35. The molecule has 172 valence electrons. The number of ether oxygens (including phenoxy) is 1. The first kappa shape index (κ1) is 22.3. The molecule has 6 nitrogen and oxygen atoms in total. The Kier molecular flexibility index (Phi) is 6.62. The topological polar surface area (TPSA) is 62.7 Å². The number of hydrogen-bond acceptors (Lipinski definition) is 5. The molecular formula is C25H26ClN3O3S. The zero-order valence-corrected chi connectivity index (χ0v) is 19.9. The van der Waals surface area contributed by atoms with Crippen LogP contribution in [0.5, 0.6) is 0 Å². The summed E-state index contributed by atoms with van der Waals surface area (Å²) in [6.07, 6.45) is 3.54. The molecule has 1 aromatic heterocycles. The molecule has 0 bridgehead atoms. The Morgan fingerprint density at radius 1 is 1.12 bits per heavy atom. The van der Waals surface area contributed by atoms with E-state index in [-0.39, 0.29) is 23.8 Å². The number of carbonyl (C=O) groups excluding carboxylic acids is 2. The van der Waals surface area contributed by atoms with Crippen LogP contribution >= 0.6 is 22.9 Å². The largest absolute Gasteiger partial charge is 0.376 e. The van der Waals surface area contributed by atoms with Gasteiger partial charge in [-0.2, -0.15) is 0 Å². The van der Waals surface area contributed by atoms with Gasteiger partial charge in [0.05, 0.1) is 28.8 Å². The number of halogens is 1. The van der Waals surface area contributed by atoms with Gasteiger partial charge in [-0.05, 0) is 62.1 Å². The summed E-state index contributed by atoms with van der Waals surface area (Å²) in [7, 11) is 0. The van der Waals surface area contributed by atoms with Crippen molar-refractivity contribution < 1.29 is 14.3 Å². The summed E-state index contributed by atoms with van der Waals surface area (Å²) in [4.78, 5) is 35.2. The number of aromatic nitrogens is 1. The zero-order valence-electron chi connectivity index (χ0n) is 18.3. The normalized spacial score (nSPS) is 20.8. The fourth-order valence-electron chi connectivity index (χ4n) is 4.59. The molecule has 0 saturated carbocycles. The number of thiazole rings is 1. The van der Waals surface area contributed by atoms with Crippen LogP contribution in [0.15, 0.2) is 48.5 Å². The lowest BCUT2D eigenvalue weighted by molar-refractivity contribution is -0.124. The number of likely N-dealkylation sites (tertiary alicyclic amines) is 1. The summed E-state index contributed by atoms with van der Waals surface area (Å²) in [6.45, 7) is 2.30. The number of piperidine rings is 1. The van der Waals surface area contributed by atoms with Crippen LogP contribution in [0.25, 0.3) is 10.2 Å². The Hall–Kier alpha value is -2.48. The number of hydrogen-bond donors (Lipinski definition) is 0. The van der Waals surface area contributed by atoms with E-state index in [1.54, 1.807) is 29.2 Å². The van der Waals surface area contributed by atoms with E-state index in [4.69, 9.17) is 21.3 Å². The molecule has 2 aliphatic heterocycles. The third-order valence-electron chi connectivity index (χ3n) is 6.34. The number of anilines is 1. The van der Waals surface area contributed by atoms with Gasteiger partial charge in [0, 0.05) is 30.3 Å². The van der Waals surface area contributed by atoms with Gasteiger partial charge in [-0.1, -0.05) is 35.1 Å². The van der Waals surface area contributed by atoms with Crippen LogP contribution in [0.3, 0.4) is 0 Å². The number of para-hydroxylation sites is 1. The minimum atomic E-state index is -0.261. The highest BCUT2D eigenvalue weighted by Gasteiger charge is 2.35. The SMILES string of the molecule is O=C(c1ccc(Cl)cc1)N1CCCC(C(=O)N(CC2CCCO2)c2nc3ccccc3s2)C1. The van der Waals surface area contributed by atoms with Crippen LogP contribution in [-0.4, -0.2) is 54.0 Å². The number of carbonyl (C=O) groups is 2. The smallest absolute Gasteiger partial charge is 0.253 e. The molecule has 2 aliphatic rings. The molecule has 2 aromatic carbocycles. The maximum Gasteiger partial charge on any atom is 0.253 e. The summed E-state index contributed by atoms with van der Waals surface area (Å²) >= 11 is 7.50. The van der Waals surface area contributed by atoms with Crippen molar-refractivity contribution in [3.05, 3.63) is 59.1 Å². The predicted octanol–water partition coefficient (Wildman–Crippen LogP) is 5.01. The molecule has 2 fully saturated rings. The molecule has 0 aliphatic carbocycles. The number of fused-ring (bicyclic) bond motifs is 1. The second kappa shape index (κ2) is 9.79. The third kappa shape index (κ3) is 4.90. The highest BCUT2D eigenvalue weighted by atomic mass is 35.5. The Bertz CT molecular complexity index is 1110. The maximum atomic E-state index is 13.8. The van der Waals surface area contributed by atoms with E-state index in [0.717, 1.165) is 42.5 Å². The van der Waals surface area contributed by atoms with Gasteiger partial charge in [0.15, 0.2) is 5.13 Å². The molecule has 5 rings (SSSR count). The second-order valence-electron chi connectivity index (χ2n) is 8.65. The summed E-state index contributed by atoms with van der Waals surface area (Å²) in [5.74, 6) is -0.295. The number of nitrogens with zero attached hydrogens (tertiary/aromatic N) is 3. The van der Waals surface area contributed by atoms with Gasteiger partial charge in [0.1, 0.15) is 0 Å². The average Bonchev–Trinajstić information content (AvgIpc) is 3.52. The maximum absolute atomic E-state index is 13.8. The van der Waals surface area contributed by atoms with Crippen molar-refractivity contribution in [1.82, 2.24) is 9.88 Å². The van der Waals surface area contributed by atoms with Crippen LogP contribution in [0.1, 0.15) is 36.0 Å². The third-order valence-corrected chi connectivity index (χ3v) is 7.65. The first-order valence-corrected chi connectivity index (χ1v) is 12.6. The molecule has 8 heteroatoms. The molecular weight excluding hydrogens is 458 g/mol. The second-order valence-corrected chi connectivity index (χ2v) is 10.1. The summed E-state index contributed by atoms with van der Waals surface area (Å²) in [6, 6.07) is 14.9. The monoisotopic (exact) mass is 483 g/mol. The van der Waals surface area contributed by atoms with Gasteiger partial charge in [-0.15, -0.1) is 0 Å². The van der Waals surface area contributed by atoms with E-state index in [1.165, 1.54) is 11.3 Å². The number of amides is 2. The van der Waals surface area contributed by atoms with Crippen molar-refractivity contribution in [1.29, 1.82) is 0 Å². The lowest BCUT2D eigenvalue weighted by atomic mass is 9.95. The van der Waals surface area contributed by atoms with Gasteiger partial charge >= 0.3 is 0 Å². The summed E-state index contributed by atoms with van der Waals surface area (Å²) < 4.78 is 6.91. The first-order chi connectivity index (χ1) is 16.1. The molecule has 2 amide bonds. The number of rotatable bonds is 5. The van der Waals surface area contributed by atoms with Crippen LogP contribution in [0, 0.1) is 5.92 Å². The average molecular weight is 484 g/mol. The zero-order chi connectivity index (χ0) is 22.8. The minimum Gasteiger partial charge on any atom is -0.376 e. The first-order valence-electron chi connectivity index (χ1n) is 11.4. The van der Waals surface area contributed by atoms with E-state index >= 15 is 0 Å². The Morgan fingerprint density at radius 3 is 2.70 bits per heavy atom. The van der Waals surface area contributed by atoms with Crippen molar-refractivity contribution in [2.45, 2.75) is 31.8 Å². The van der Waals surface area contributed by atoms with E-state index in [9.17, 15) is 9.59 Å². The van der Waals surface area contributed by atoms with Gasteiger partial charge < -0.3 is 9.64 Å². The van der Waals surface area contributed by atoms with Crippen molar-refractivity contribution in [3.8, 4) is 0 Å². The molecule has 2 saturated heterocycles. The van der Waals surface area contributed by atoms with E-state index in [1.807, 2.05) is 29.2 Å². The van der Waals surface area contributed by atoms with Crippen LogP contribution in [0.2, 0.25) is 5.02 Å². The number of benzene rings is 2. The highest BCUT2D eigenvalue weighted by Crippen LogP contribution is 2.32. The fraction of sp³-hybridized carbons (Fsp3) is 0.400. The Balaban J connectivity index is 1.37. The van der Waals surface area contributed by atoms with Gasteiger partial charge in [-0.3, -0.25) is 14.5 Å². The molecule has 2 unspecified atom stereocenters.